The molecule has 4 heteroatoms. The van der Waals surface area contributed by atoms with Crippen LogP contribution in [0.15, 0.2) is 49.2 Å². The molecule has 0 radical (unpaired) electrons. The van der Waals surface area contributed by atoms with Gasteiger partial charge in [0.05, 0.1) is 0 Å². The first-order chi connectivity index (χ1) is 9.28. The third-order valence-corrected chi connectivity index (χ3v) is 2.62. The normalized spacial score (nSPS) is 9.95. The summed E-state index contributed by atoms with van der Waals surface area (Å²) in [5.41, 5.74) is 2.47. The SMILES string of the molecule is C=CCNc1ccnc(NCc2cccc(C)c2)n1. The Morgan fingerprint density at radius 2 is 2.16 bits per heavy atom. The summed E-state index contributed by atoms with van der Waals surface area (Å²) in [5.74, 6) is 1.41. The van der Waals surface area contributed by atoms with Gasteiger partial charge in [-0.1, -0.05) is 35.9 Å². The Morgan fingerprint density at radius 3 is 2.95 bits per heavy atom. The fourth-order valence-corrected chi connectivity index (χ4v) is 1.72. The van der Waals surface area contributed by atoms with Crippen molar-refractivity contribution < 1.29 is 0 Å². The number of hydrogen-bond donors (Lipinski definition) is 2. The second kappa shape index (κ2) is 6.54. The number of rotatable bonds is 6. The lowest BCUT2D eigenvalue weighted by molar-refractivity contribution is 1.05. The van der Waals surface area contributed by atoms with Crippen molar-refractivity contribution in [2.45, 2.75) is 13.5 Å². The predicted molar refractivity (Wildman–Crippen MR) is 79.2 cm³/mol. The van der Waals surface area contributed by atoms with E-state index < -0.39 is 0 Å². The molecule has 0 amide bonds. The highest BCUT2D eigenvalue weighted by Crippen LogP contribution is 2.08. The zero-order chi connectivity index (χ0) is 13.5. The Kier molecular flexibility index (Phi) is 4.50. The first-order valence-corrected chi connectivity index (χ1v) is 6.25. The van der Waals surface area contributed by atoms with Gasteiger partial charge in [-0.15, -0.1) is 6.58 Å². The quantitative estimate of drug-likeness (QED) is 0.778. The van der Waals surface area contributed by atoms with Crippen LogP contribution in [0.3, 0.4) is 0 Å². The molecule has 2 aromatic rings. The van der Waals surface area contributed by atoms with Gasteiger partial charge in [-0.2, -0.15) is 4.98 Å². The van der Waals surface area contributed by atoms with Gasteiger partial charge < -0.3 is 10.6 Å². The zero-order valence-corrected chi connectivity index (χ0v) is 11.1. The highest BCUT2D eigenvalue weighted by atomic mass is 15.1. The van der Waals surface area contributed by atoms with E-state index in [1.165, 1.54) is 11.1 Å². The van der Waals surface area contributed by atoms with E-state index >= 15 is 0 Å². The third-order valence-electron chi connectivity index (χ3n) is 2.62. The lowest BCUT2D eigenvalue weighted by atomic mass is 10.1. The molecule has 4 nitrogen and oxygen atoms in total. The maximum atomic E-state index is 4.37. The van der Waals surface area contributed by atoms with Crippen LogP contribution in [0.2, 0.25) is 0 Å². The number of anilines is 2. The van der Waals surface area contributed by atoms with E-state index in [9.17, 15) is 0 Å². The van der Waals surface area contributed by atoms with Crippen molar-refractivity contribution in [3.63, 3.8) is 0 Å². The molecule has 0 aliphatic heterocycles. The fraction of sp³-hybridized carbons (Fsp3) is 0.200. The van der Waals surface area contributed by atoms with Crippen LogP contribution in [0.4, 0.5) is 11.8 Å². The van der Waals surface area contributed by atoms with Crippen LogP contribution in [0, 0.1) is 6.92 Å². The zero-order valence-electron chi connectivity index (χ0n) is 11.1. The van der Waals surface area contributed by atoms with Crippen molar-refractivity contribution in [1.29, 1.82) is 0 Å². The van der Waals surface area contributed by atoms with Crippen molar-refractivity contribution >= 4 is 11.8 Å². The Bertz CT molecular complexity index is 551. The molecular weight excluding hydrogens is 236 g/mol. The molecule has 2 rings (SSSR count). The minimum absolute atomic E-state index is 0.621. The van der Waals surface area contributed by atoms with Gasteiger partial charge in [-0.3, -0.25) is 0 Å². The standard InChI is InChI=1S/C15H18N4/c1-3-8-16-14-7-9-17-15(19-14)18-11-13-6-4-5-12(2)10-13/h3-7,9-10H,1,8,11H2,2H3,(H2,16,17,18,19). The number of nitrogens with one attached hydrogen (secondary N) is 2. The number of benzene rings is 1. The minimum atomic E-state index is 0.621. The van der Waals surface area contributed by atoms with Gasteiger partial charge in [-0.05, 0) is 18.6 Å². The van der Waals surface area contributed by atoms with E-state index in [2.05, 4.69) is 58.4 Å². The lowest BCUT2D eigenvalue weighted by Crippen LogP contribution is -2.06. The van der Waals surface area contributed by atoms with E-state index in [-0.39, 0.29) is 0 Å². The van der Waals surface area contributed by atoms with Gasteiger partial charge in [0.2, 0.25) is 5.95 Å². The van der Waals surface area contributed by atoms with Gasteiger partial charge in [0.15, 0.2) is 0 Å². The van der Waals surface area contributed by atoms with Crippen molar-refractivity contribution in [2.24, 2.45) is 0 Å². The molecule has 98 valence electrons. The largest absolute Gasteiger partial charge is 0.366 e. The number of hydrogen-bond acceptors (Lipinski definition) is 4. The second-order valence-electron chi connectivity index (χ2n) is 4.28. The summed E-state index contributed by atoms with van der Waals surface area (Å²) in [6.07, 6.45) is 3.53. The predicted octanol–water partition coefficient (Wildman–Crippen LogP) is 3.00. The monoisotopic (exact) mass is 254 g/mol. The van der Waals surface area contributed by atoms with Gasteiger partial charge in [0.25, 0.3) is 0 Å². The van der Waals surface area contributed by atoms with E-state index in [1.807, 2.05) is 6.07 Å². The number of aromatic nitrogens is 2. The van der Waals surface area contributed by atoms with Gasteiger partial charge in [0, 0.05) is 19.3 Å². The molecule has 1 heterocycles. The Balaban J connectivity index is 1.97. The lowest BCUT2D eigenvalue weighted by Gasteiger charge is -2.07. The summed E-state index contributed by atoms with van der Waals surface area (Å²) in [4.78, 5) is 8.56. The van der Waals surface area contributed by atoms with E-state index in [0.29, 0.717) is 19.0 Å². The van der Waals surface area contributed by atoms with Crippen LogP contribution in [0.1, 0.15) is 11.1 Å². The maximum absolute atomic E-state index is 4.37. The van der Waals surface area contributed by atoms with E-state index in [4.69, 9.17) is 0 Å². The molecule has 0 spiro atoms. The summed E-state index contributed by atoms with van der Waals surface area (Å²) in [6.45, 7) is 7.15. The van der Waals surface area contributed by atoms with Gasteiger partial charge in [-0.25, -0.2) is 4.98 Å². The molecule has 0 fully saturated rings. The molecule has 0 aliphatic rings. The first kappa shape index (κ1) is 13.1. The maximum Gasteiger partial charge on any atom is 0.224 e. The average Bonchev–Trinajstić information content (AvgIpc) is 2.43. The van der Waals surface area contributed by atoms with Gasteiger partial charge in [0.1, 0.15) is 5.82 Å². The Hall–Kier alpha value is -2.36. The summed E-state index contributed by atoms with van der Waals surface area (Å²) < 4.78 is 0. The molecular formula is C15H18N4. The van der Waals surface area contributed by atoms with E-state index in [0.717, 1.165) is 5.82 Å². The van der Waals surface area contributed by atoms with Crippen molar-refractivity contribution in [3.8, 4) is 0 Å². The van der Waals surface area contributed by atoms with Crippen LogP contribution >= 0.6 is 0 Å². The fourth-order valence-electron chi connectivity index (χ4n) is 1.72. The smallest absolute Gasteiger partial charge is 0.224 e. The molecule has 19 heavy (non-hydrogen) atoms. The van der Waals surface area contributed by atoms with Crippen molar-refractivity contribution in [1.82, 2.24) is 9.97 Å². The Labute approximate surface area is 113 Å². The van der Waals surface area contributed by atoms with Crippen molar-refractivity contribution in [2.75, 3.05) is 17.2 Å². The highest BCUT2D eigenvalue weighted by Gasteiger charge is 1.99. The second-order valence-corrected chi connectivity index (χ2v) is 4.28. The van der Waals surface area contributed by atoms with Crippen LogP contribution in [0.25, 0.3) is 0 Å². The van der Waals surface area contributed by atoms with Crippen LogP contribution in [-0.2, 0) is 6.54 Å². The number of aryl methyl sites for hydroxylation is 1. The topological polar surface area (TPSA) is 49.8 Å². The first-order valence-electron chi connectivity index (χ1n) is 6.25. The molecule has 0 saturated carbocycles. The Morgan fingerprint density at radius 1 is 1.26 bits per heavy atom. The highest BCUT2D eigenvalue weighted by molar-refractivity contribution is 5.40. The molecule has 0 bridgehead atoms. The number of nitrogens with zero attached hydrogens (tertiary/aromatic N) is 2. The molecule has 0 unspecified atom stereocenters. The van der Waals surface area contributed by atoms with Gasteiger partial charge >= 0.3 is 0 Å². The molecule has 2 N–H and O–H groups in total. The van der Waals surface area contributed by atoms with E-state index in [1.54, 1.807) is 12.3 Å². The molecule has 0 atom stereocenters. The van der Waals surface area contributed by atoms with Crippen LogP contribution in [-0.4, -0.2) is 16.5 Å². The minimum Gasteiger partial charge on any atom is -0.366 e. The van der Waals surface area contributed by atoms with Crippen molar-refractivity contribution in [3.05, 3.63) is 60.3 Å². The summed E-state index contributed by atoms with van der Waals surface area (Å²) >= 11 is 0. The third kappa shape index (κ3) is 4.10. The average molecular weight is 254 g/mol. The molecule has 1 aromatic carbocycles. The van der Waals surface area contributed by atoms with Crippen LogP contribution < -0.4 is 10.6 Å². The molecule has 1 aromatic heterocycles. The molecule has 0 saturated heterocycles. The summed E-state index contributed by atoms with van der Waals surface area (Å²) in [6, 6.07) is 10.2. The molecule has 0 aliphatic carbocycles. The summed E-state index contributed by atoms with van der Waals surface area (Å²) in [7, 11) is 0. The summed E-state index contributed by atoms with van der Waals surface area (Å²) in [5, 5.41) is 6.35. The van der Waals surface area contributed by atoms with Crippen LogP contribution in [0.5, 0.6) is 0 Å².